The number of pyridine rings is 1. The number of hydrogen-bond donors (Lipinski definition) is 1. The van der Waals surface area contributed by atoms with Gasteiger partial charge in [0.25, 0.3) is 10.0 Å². The lowest BCUT2D eigenvalue weighted by Gasteiger charge is -2.12. The second kappa shape index (κ2) is 6.05. The summed E-state index contributed by atoms with van der Waals surface area (Å²) in [6, 6.07) is 8.08. The lowest BCUT2D eigenvalue weighted by molar-refractivity contribution is -0.117. The van der Waals surface area contributed by atoms with Gasteiger partial charge in [0.15, 0.2) is 5.65 Å². The van der Waals surface area contributed by atoms with E-state index < -0.39 is 10.0 Å². The fourth-order valence-corrected chi connectivity index (χ4v) is 4.28. The number of anilines is 2. The summed E-state index contributed by atoms with van der Waals surface area (Å²) in [6.07, 6.45) is 1.88. The minimum atomic E-state index is -3.79. The Morgan fingerprint density at radius 2 is 1.93 bits per heavy atom. The lowest BCUT2D eigenvalue weighted by Crippen LogP contribution is -2.20. The molecule has 0 spiro atoms. The minimum Gasteiger partial charge on any atom is -0.315 e. The van der Waals surface area contributed by atoms with Crippen molar-refractivity contribution in [2.45, 2.75) is 31.1 Å². The van der Waals surface area contributed by atoms with E-state index in [0.717, 1.165) is 11.5 Å². The van der Waals surface area contributed by atoms with Crippen molar-refractivity contribution in [2.24, 2.45) is 0 Å². The number of rotatable bonds is 4. The van der Waals surface area contributed by atoms with Crippen LogP contribution < -0.4 is 9.62 Å². The second-order valence-corrected chi connectivity index (χ2v) is 8.57. The highest BCUT2D eigenvalue weighted by Gasteiger charge is 2.26. The summed E-state index contributed by atoms with van der Waals surface area (Å²) in [7, 11) is -2.11. The number of aromatic nitrogens is 3. The Morgan fingerprint density at radius 3 is 2.67 bits per heavy atom. The average molecular weight is 385 g/mol. The number of nitrogens with zero attached hydrogens (tertiary/aromatic N) is 4. The van der Waals surface area contributed by atoms with Crippen molar-refractivity contribution in [3.05, 3.63) is 47.9 Å². The summed E-state index contributed by atoms with van der Waals surface area (Å²) >= 11 is 0. The maximum Gasteiger partial charge on any atom is 0.261 e. The lowest BCUT2D eigenvalue weighted by atomic mass is 10.2. The van der Waals surface area contributed by atoms with Gasteiger partial charge in [0.1, 0.15) is 5.82 Å². The molecule has 0 saturated heterocycles. The maximum absolute atomic E-state index is 12.8. The first-order valence-electron chi connectivity index (χ1n) is 8.53. The molecule has 0 saturated carbocycles. The number of carbonyl (C=O) groups excluding carboxylic acids is 1. The highest BCUT2D eigenvalue weighted by atomic mass is 32.2. The number of likely N-dealkylation sites (N-methyl/N-ethyl adjacent to an activating group) is 1. The summed E-state index contributed by atoms with van der Waals surface area (Å²) in [6.45, 7) is 3.99. The van der Waals surface area contributed by atoms with Crippen molar-refractivity contribution in [1.82, 2.24) is 14.6 Å². The van der Waals surface area contributed by atoms with E-state index in [1.165, 1.54) is 11.0 Å². The van der Waals surface area contributed by atoms with Gasteiger partial charge in [-0.05, 0) is 35.9 Å². The van der Waals surface area contributed by atoms with Gasteiger partial charge in [-0.2, -0.15) is 0 Å². The van der Waals surface area contributed by atoms with Crippen molar-refractivity contribution in [2.75, 3.05) is 16.7 Å². The molecular weight excluding hydrogens is 366 g/mol. The first kappa shape index (κ1) is 17.5. The van der Waals surface area contributed by atoms with Crippen LogP contribution in [0.2, 0.25) is 0 Å². The molecule has 1 aliphatic heterocycles. The van der Waals surface area contributed by atoms with Gasteiger partial charge in [0, 0.05) is 24.8 Å². The fourth-order valence-electron chi connectivity index (χ4n) is 3.19. The molecule has 8 nitrogen and oxygen atoms in total. The van der Waals surface area contributed by atoms with Crippen LogP contribution in [0.4, 0.5) is 11.4 Å². The van der Waals surface area contributed by atoms with Gasteiger partial charge in [0.05, 0.1) is 17.0 Å². The van der Waals surface area contributed by atoms with Crippen LogP contribution in [0.1, 0.15) is 31.2 Å². The Kier molecular flexibility index (Phi) is 3.92. The van der Waals surface area contributed by atoms with Crippen LogP contribution in [0.3, 0.4) is 0 Å². The Balaban J connectivity index is 1.68. The molecule has 1 amide bonds. The standard InChI is InChI=1S/C18H19N5O3S/c1-11(2)18-20-19-16-7-4-13(10-23(16)18)21-27(25,26)14-5-6-15-12(8-14)9-17(24)22(15)3/h4-8,10-11,21H,9H2,1-3H3. The number of sulfonamides is 1. The molecule has 0 bridgehead atoms. The monoisotopic (exact) mass is 385 g/mol. The SMILES string of the molecule is CC(C)c1nnc2ccc(NS(=O)(=O)c3ccc4c(c3)CC(=O)N4C)cn12. The number of amides is 1. The Labute approximate surface area is 156 Å². The smallest absolute Gasteiger partial charge is 0.261 e. The molecule has 1 aromatic carbocycles. The molecule has 27 heavy (non-hydrogen) atoms. The van der Waals surface area contributed by atoms with Crippen LogP contribution in [-0.4, -0.2) is 36.0 Å². The number of hydrogen-bond acceptors (Lipinski definition) is 5. The van der Waals surface area contributed by atoms with Crippen molar-refractivity contribution < 1.29 is 13.2 Å². The average Bonchev–Trinajstić information content (AvgIpc) is 3.15. The van der Waals surface area contributed by atoms with Crippen molar-refractivity contribution in [3.8, 4) is 0 Å². The second-order valence-electron chi connectivity index (χ2n) is 6.88. The maximum atomic E-state index is 12.8. The normalized spacial score (nSPS) is 14.2. The van der Waals surface area contributed by atoms with Crippen LogP contribution in [-0.2, 0) is 21.2 Å². The number of carbonyl (C=O) groups is 1. The van der Waals surface area contributed by atoms with Gasteiger partial charge in [0.2, 0.25) is 5.91 Å². The molecule has 2 aromatic heterocycles. The van der Waals surface area contributed by atoms with E-state index in [-0.39, 0.29) is 23.1 Å². The highest BCUT2D eigenvalue weighted by molar-refractivity contribution is 7.92. The molecule has 1 N–H and O–H groups in total. The summed E-state index contributed by atoms with van der Waals surface area (Å²) in [4.78, 5) is 13.5. The molecule has 140 valence electrons. The van der Waals surface area contributed by atoms with E-state index in [4.69, 9.17) is 0 Å². The first-order chi connectivity index (χ1) is 12.8. The van der Waals surface area contributed by atoms with E-state index in [9.17, 15) is 13.2 Å². The molecule has 0 atom stereocenters. The number of benzene rings is 1. The number of nitrogens with one attached hydrogen (secondary N) is 1. The Bertz CT molecular complexity index is 1170. The van der Waals surface area contributed by atoms with E-state index in [1.807, 2.05) is 13.8 Å². The summed E-state index contributed by atoms with van der Waals surface area (Å²) in [5, 5.41) is 8.23. The Hall–Kier alpha value is -2.94. The summed E-state index contributed by atoms with van der Waals surface area (Å²) in [5.41, 5.74) is 2.52. The molecule has 3 heterocycles. The van der Waals surface area contributed by atoms with Crippen LogP contribution in [0.15, 0.2) is 41.4 Å². The molecule has 9 heteroatoms. The predicted octanol–water partition coefficient (Wildman–Crippen LogP) is 2.17. The third-order valence-electron chi connectivity index (χ3n) is 4.64. The van der Waals surface area contributed by atoms with E-state index in [0.29, 0.717) is 16.9 Å². The number of fused-ring (bicyclic) bond motifs is 2. The molecule has 0 unspecified atom stereocenters. The van der Waals surface area contributed by atoms with Crippen LogP contribution in [0.5, 0.6) is 0 Å². The molecule has 0 aliphatic carbocycles. The molecule has 0 fully saturated rings. The Morgan fingerprint density at radius 1 is 1.15 bits per heavy atom. The van der Waals surface area contributed by atoms with Gasteiger partial charge >= 0.3 is 0 Å². The quantitative estimate of drug-likeness (QED) is 0.742. The molecular formula is C18H19N5O3S. The zero-order valence-electron chi connectivity index (χ0n) is 15.2. The molecule has 0 radical (unpaired) electrons. The van der Waals surface area contributed by atoms with Gasteiger partial charge in [-0.25, -0.2) is 8.42 Å². The third kappa shape index (κ3) is 2.93. The van der Waals surface area contributed by atoms with Crippen LogP contribution in [0.25, 0.3) is 5.65 Å². The third-order valence-corrected chi connectivity index (χ3v) is 6.01. The minimum absolute atomic E-state index is 0.0493. The van der Waals surface area contributed by atoms with Crippen LogP contribution >= 0.6 is 0 Å². The zero-order chi connectivity index (χ0) is 19.3. The molecule has 1 aliphatic rings. The van der Waals surface area contributed by atoms with E-state index in [2.05, 4.69) is 14.9 Å². The van der Waals surface area contributed by atoms with Gasteiger partial charge < -0.3 is 4.90 Å². The van der Waals surface area contributed by atoms with Crippen molar-refractivity contribution >= 4 is 33.0 Å². The van der Waals surface area contributed by atoms with Gasteiger partial charge in [-0.3, -0.25) is 13.9 Å². The highest BCUT2D eigenvalue weighted by Crippen LogP contribution is 2.30. The zero-order valence-corrected chi connectivity index (χ0v) is 16.0. The predicted molar refractivity (Wildman–Crippen MR) is 101 cm³/mol. The van der Waals surface area contributed by atoms with E-state index in [1.54, 1.807) is 41.9 Å². The first-order valence-corrected chi connectivity index (χ1v) is 10.0. The fraction of sp³-hybridized carbons (Fsp3) is 0.278. The molecule has 4 rings (SSSR count). The van der Waals surface area contributed by atoms with Gasteiger partial charge in [-0.1, -0.05) is 13.8 Å². The van der Waals surface area contributed by atoms with E-state index >= 15 is 0 Å². The molecule has 3 aromatic rings. The van der Waals surface area contributed by atoms with Crippen molar-refractivity contribution in [1.29, 1.82) is 0 Å². The van der Waals surface area contributed by atoms with Gasteiger partial charge in [-0.15, -0.1) is 10.2 Å². The van der Waals surface area contributed by atoms with Crippen LogP contribution in [0, 0.1) is 0 Å². The topological polar surface area (TPSA) is 96.7 Å². The largest absolute Gasteiger partial charge is 0.315 e. The summed E-state index contributed by atoms with van der Waals surface area (Å²) in [5.74, 6) is 0.856. The summed E-state index contributed by atoms with van der Waals surface area (Å²) < 4.78 is 30.0. The van der Waals surface area contributed by atoms with Crippen molar-refractivity contribution in [3.63, 3.8) is 0 Å².